The van der Waals surface area contributed by atoms with Gasteiger partial charge in [0.15, 0.2) is 19.0 Å². The van der Waals surface area contributed by atoms with Crippen LogP contribution in [0.1, 0.15) is 27.1 Å². The molecule has 0 saturated heterocycles. The summed E-state index contributed by atoms with van der Waals surface area (Å²) in [6.07, 6.45) is -0.0826. The zero-order valence-electron chi connectivity index (χ0n) is 15.2. The summed E-state index contributed by atoms with van der Waals surface area (Å²) < 4.78 is 10.2. The molecule has 150 valence electrons. The summed E-state index contributed by atoms with van der Waals surface area (Å²) >= 11 is 5.76. The molecule has 1 aliphatic rings. The van der Waals surface area contributed by atoms with Crippen molar-refractivity contribution in [1.29, 1.82) is 0 Å². The fourth-order valence-corrected chi connectivity index (χ4v) is 2.67. The second-order valence-corrected chi connectivity index (χ2v) is 6.58. The van der Waals surface area contributed by atoms with Crippen molar-refractivity contribution in [3.8, 4) is 5.75 Å². The molecule has 2 aromatic rings. The van der Waals surface area contributed by atoms with Crippen LogP contribution in [0.5, 0.6) is 5.75 Å². The molecule has 3 rings (SSSR count). The smallest absolute Gasteiger partial charge is 0.308 e. The van der Waals surface area contributed by atoms with Crippen LogP contribution in [0.4, 0.5) is 5.69 Å². The molecule has 2 N–H and O–H groups in total. The van der Waals surface area contributed by atoms with Crippen LogP contribution in [0.25, 0.3) is 0 Å². The number of rotatable bonds is 7. The third-order valence-corrected chi connectivity index (χ3v) is 4.27. The van der Waals surface area contributed by atoms with Gasteiger partial charge >= 0.3 is 5.97 Å². The quantitative estimate of drug-likeness (QED) is 0.529. The number of anilines is 1. The van der Waals surface area contributed by atoms with E-state index in [2.05, 4.69) is 10.6 Å². The number of halogens is 1. The van der Waals surface area contributed by atoms with E-state index >= 15 is 0 Å². The Morgan fingerprint density at radius 1 is 1.10 bits per heavy atom. The van der Waals surface area contributed by atoms with Crippen LogP contribution in [-0.2, 0) is 14.3 Å². The van der Waals surface area contributed by atoms with Crippen LogP contribution < -0.4 is 15.4 Å². The lowest BCUT2D eigenvalue weighted by atomic mass is 10.1. The Morgan fingerprint density at radius 3 is 2.59 bits per heavy atom. The third-order valence-electron chi connectivity index (χ3n) is 4.02. The second kappa shape index (κ2) is 9.20. The zero-order chi connectivity index (χ0) is 20.8. The summed E-state index contributed by atoms with van der Waals surface area (Å²) in [5.74, 6) is -1.23. The number of carbonyl (C=O) groups excluding carboxylic acids is 4. The Balaban J connectivity index is 1.43. The summed E-state index contributed by atoms with van der Waals surface area (Å²) in [7, 11) is 0. The van der Waals surface area contributed by atoms with Gasteiger partial charge in [-0.2, -0.15) is 0 Å². The second-order valence-electron chi connectivity index (χ2n) is 6.14. The molecule has 0 radical (unpaired) electrons. The summed E-state index contributed by atoms with van der Waals surface area (Å²) in [5, 5.41) is 5.71. The molecular formula is C20H17ClN2O6. The highest BCUT2D eigenvalue weighted by molar-refractivity contribution is 6.30. The lowest BCUT2D eigenvalue weighted by Crippen LogP contribution is -2.27. The molecule has 1 aliphatic heterocycles. The predicted molar refractivity (Wildman–Crippen MR) is 104 cm³/mol. The summed E-state index contributed by atoms with van der Waals surface area (Å²) in [4.78, 5) is 47.3. The minimum absolute atomic E-state index is 0.0662. The van der Waals surface area contributed by atoms with E-state index in [0.717, 1.165) is 0 Å². The number of amides is 2. The van der Waals surface area contributed by atoms with Crippen LogP contribution >= 0.6 is 11.6 Å². The molecule has 0 fully saturated rings. The number of ketones is 1. The molecule has 0 unspecified atom stereocenters. The van der Waals surface area contributed by atoms with E-state index in [0.29, 0.717) is 22.0 Å². The lowest BCUT2D eigenvalue weighted by Gasteiger charge is -2.18. The van der Waals surface area contributed by atoms with Crippen molar-refractivity contribution >= 4 is 40.9 Å². The lowest BCUT2D eigenvalue weighted by molar-refractivity contribution is -0.142. The number of hydrogen-bond donors (Lipinski definition) is 2. The van der Waals surface area contributed by atoms with E-state index in [4.69, 9.17) is 21.1 Å². The number of esters is 1. The molecule has 0 saturated carbocycles. The highest BCUT2D eigenvalue weighted by Crippen LogP contribution is 2.28. The van der Waals surface area contributed by atoms with Crippen LogP contribution in [0.15, 0.2) is 42.5 Å². The topological polar surface area (TPSA) is 111 Å². The van der Waals surface area contributed by atoms with Gasteiger partial charge in [-0.05, 0) is 42.5 Å². The maximum atomic E-state index is 12.2. The van der Waals surface area contributed by atoms with Gasteiger partial charge in [0, 0.05) is 22.7 Å². The fourth-order valence-electron chi connectivity index (χ4n) is 2.54. The van der Waals surface area contributed by atoms with Gasteiger partial charge in [-0.1, -0.05) is 11.6 Å². The summed E-state index contributed by atoms with van der Waals surface area (Å²) in [5.41, 5.74) is 1.09. The molecule has 0 bridgehead atoms. The van der Waals surface area contributed by atoms with E-state index in [1.165, 1.54) is 12.1 Å². The number of hydrogen-bond acceptors (Lipinski definition) is 6. The first-order chi connectivity index (χ1) is 13.9. The Morgan fingerprint density at radius 2 is 1.83 bits per heavy atom. The first-order valence-electron chi connectivity index (χ1n) is 8.71. The van der Waals surface area contributed by atoms with Gasteiger partial charge in [0.25, 0.3) is 11.8 Å². The van der Waals surface area contributed by atoms with Gasteiger partial charge in [0.05, 0.1) is 12.1 Å². The van der Waals surface area contributed by atoms with Crippen molar-refractivity contribution in [1.82, 2.24) is 5.32 Å². The molecular weight excluding hydrogens is 400 g/mol. The van der Waals surface area contributed by atoms with Crippen LogP contribution in [0.2, 0.25) is 5.02 Å². The molecule has 0 aromatic heterocycles. The van der Waals surface area contributed by atoms with Crippen molar-refractivity contribution in [2.45, 2.75) is 6.42 Å². The first-order valence-corrected chi connectivity index (χ1v) is 9.09. The SMILES string of the molecule is O=C1COc2ccc(C(=O)COC(=O)CCNC(=O)c3ccc(Cl)cc3)cc2N1. The van der Waals surface area contributed by atoms with Crippen molar-refractivity contribution in [3.63, 3.8) is 0 Å². The average molecular weight is 417 g/mol. The monoisotopic (exact) mass is 416 g/mol. The van der Waals surface area contributed by atoms with E-state index in [1.807, 2.05) is 0 Å². The van der Waals surface area contributed by atoms with Gasteiger partial charge in [-0.25, -0.2) is 0 Å². The molecule has 2 aromatic carbocycles. The van der Waals surface area contributed by atoms with E-state index < -0.39 is 18.4 Å². The zero-order valence-corrected chi connectivity index (χ0v) is 16.0. The normalized spacial score (nSPS) is 12.2. The highest BCUT2D eigenvalue weighted by atomic mass is 35.5. The molecule has 0 spiro atoms. The predicted octanol–water partition coefficient (Wildman–Crippen LogP) is 2.22. The van der Waals surface area contributed by atoms with Gasteiger partial charge in [0.1, 0.15) is 5.75 Å². The largest absolute Gasteiger partial charge is 0.482 e. The fraction of sp³-hybridized carbons (Fsp3) is 0.200. The Bertz CT molecular complexity index is 958. The van der Waals surface area contributed by atoms with E-state index in [1.54, 1.807) is 30.3 Å². The van der Waals surface area contributed by atoms with E-state index in [-0.39, 0.29) is 37.0 Å². The molecule has 29 heavy (non-hydrogen) atoms. The van der Waals surface area contributed by atoms with Crippen molar-refractivity contribution in [2.75, 3.05) is 25.1 Å². The van der Waals surface area contributed by atoms with Crippen molar-refractivity contribution < 1.29 is 28.7 Å². The molecule has 0 atom stereocenters. The minimum Gasteiger partial charge on any atom is -0.482 e. The van der Waals surface area contributed by atoms with Crippen LogP contribution in [0, 0.1) is 0 Å². The molecule has 1 heterocycles. The summed E-state index contributed by atoms with van der Waals surface area (Å²) in [6.45, 7) is -0.458. The number of fused-ring (bicyclic) bond motifs is 1. The molecule has 9 heteroatoms. The van der Waals surface area contributed by atoms with Gasteiger partial charge in [-0.15, -0.1) is 0 Å². The van der Waals surface area contributed by atoms with Gasteiger partial charge in [-0.3, -0.25) is 19.2 Å². The molecule has 0 aliphatic carbocycles. The standard InChI is InChI=1S/C20H17ClN2O6/c21-14-4-1-12(2-5-14)20(27)22-8-7-19(26)29-10-16(24)13-3-6-17-15(9-13)23-18(25)11-28-17/h1-6,9H,7-8,10-11H2,(H,22,27)(H,23,25). The highest BCUT2D eigenvalue weighted by Gasteiger charge is 2.18. The van der Waals surface area contributed by atoms with Crippen molar-refractivity contribution in [3.05, 3.63) is 58.6 Å². The van der Waals surface area contributed by atoms with Gasteiger partial charge < -0.3 is 20.1 Å². The summed E-state index contributed by atoms with van der Waals surface area (Å²) in [6, 6.07) is 10.9. The maximum Gasteiger partial charge on any atom is 0.308 e. The Kier molecular flexibility index (Phi) is 6.46. The Labute approximate surface area is 171 Å². The minimum atomic E-state index is -0.621. The number of Topliss-reactive ketones (excluding diaryl/α,β-unsaturated/α-hetero) is 1. The number of carbonyl (C=O) groups is 4. The van der Waals surface area contributed by atoms with Crippen LogP contribution in [-0.4, -0.2) is 43.3 Å². The molecule has 2 amide bonds. The number of nitrogens with one attached hydrogen (secondary N) is 2. The molecule has 8 nitrogen and oxygen atoms in total. The van der Waals surface area contributed by atoms with E-state index in [9.17, 15) is 19.2 Å². The first kappa shape index (κ1) is 20.3. The number of ether oxygens (including phenoxy) is 2. The third kappa shape index (κ3) is 5.55. The average Bonchev–Trinajstić information content (AvgIpc) is 2.71. The van der Waals surface area contributed by atoms with Gasteiger partial charge in [0.2, 0.25) is 0 Å². The van der Waals surface area contributed by atoms with Crippen molar-refractivity contribution in [2.24, 2.45) is 0 Å². The number of benzene rings is 2. The van der Waals surface area contributed by atoms with Crippen LogP contribution in [0.3, 0.4) is 0 Å². The maximum absolute atomic E-state index is 12.2. The Hall–Kier alpha value is -3.39.